The van der Waals surface area contributed by atoms with E-state index in [1.165, 1.54) is 0 Å². The van der Waals surface area contributed by atoms with Gasteiger partial charge in [-0.2, -0.15) is 0 Å². The summed E-state index contributed by atoms with van der Waals surface area (Å²) in [6.45, 7) is 5.30. The molecule has 1 N–H and O–H groups in total. The van der Waals surface area contributed by atoms with Gasteiger partial charge in [-0.15, -0.1) is 0 Å². The van der Waals surface area contributed by atoms with E-state index in [4.69, 9.17) is 4.74 Å². The number of hydrogen-bond acceptors (Lipinski definition) is 4. The van der Waals surface area contributed by atoms with Gasteiger partial charge in [0.05, 0.1) is 6.61 Å². The van der Waals surface area contributed by atoms with Crippen molar-refractivity contribution in [2.45, 2.75) is 24.9 Å². The Balaban J connectivity index is 1.87. The summed E-state index contributed by atoms with van der Waals surface area (Å²) in [5.74, 6) is 0. The minimum atomic E-state index is 0.274. The molecule has 2 aliphatic rings. The molecule has 2 aliphatic heterocycles. The first-order chi connectivity index (χ1) is 7.31. The summed E-state index contributed by atoms with van der Waals surface area (Å²) >= 11 is 0. The van der Waals surface area contributed by atoms with E-state index in [-0.39, 0.29) is 6.61 Å². The Bertz CT molecular complexity index is 195. The number of nitrogens with zero attached hydrogens (tertiary/aromatic N) is 2. The van der Waals surface area contributed by atoms with Crippen molar-refractivity contribution in [2.24, 2.45) is 0 Å². The van der Waals surface area contributed by atoms with Crippen molar-refractivity contribution in [2.75, 3.05) is 46.5 Å². The Hall–Kier alpha value is -0.160. The number of ether oxygens (including phenoxy) is 1. The van der Waals surface area contributed by atoms with E-state index >= 15 is 0 Å². The first-order valence-electron chi connectivity index (χ1n) is 5.94. The highest BCUT2D eigenvalue weighted by molar-refractivity contribution is 4.84. The molecule has 0 amide bonds. The quantitative estimate of drug-likeness (QED) is 0.689. The number of aliphatic hydroxyl groups excluding tert-OH is 1. The molecule has 1 unspecified atom stereocenters. The van der Waals surface area contributed by atoms with Gasteiger partial charge in [0, 0.05) is 44.9 Å². The zero-order valence-corrected chi connectivity index (χ0v) is 9.56. The van der Waals surface area contributed by atoms with Crippen molar-refractivity contribution >= 4 is 0 Å². The summed E-state index contributed by atoms with van der Waals surface area (Å²) < 4.78 is 5.38. The van der Waals surface area contributed by atoms with Crippen LogP contribution in [-0.2, 0) is 4.74 Å². The van der Waals surface area contributed by atoms with Crippen molar-refractivity contribution < 1.29 is 9.84 Å². The van der Waals surface area contributed by atoms with Crippen LogP contribution < -0.4 is 0 Å². The SMILES string of the molecule is CN1CCN(C2CCOCC2)CC1CO. The zero-order chi connectivity index (χ0) is 10.7. The van der Waals surface area contributed by atoms with Crippen molar-refractivity contribution in [1.29, 1.82) is 0 Å². The van der Waals surface area contributed by atoms with Crippen molar-refractivity contribution in [3.63, 3.8) is 0 Å². The van der Waals surface area contributed by atoms with E-state index in [2.05, 4.69) is 16.8 Å². The summed E-state index contributed by atoms with van der Waals surface area (Å²) in [4.78, 5) is 4.79. The first-order valence-corrected chi connectivity index (χ1v) is 5.94. The molecule has 0 aromatic heterocycles. The minimum absolute atomic E-state index is 0.274. The Morgan fingerprint density at radius 1 is 1.27 bits per heavy atom. The van der Waals surface area contributed by atoms with Crippen LogP contribution in [0.25, 0.3) is 0 Å². The fourth-order valence-corrected chi connectivity index (χ4v) is 2.55. The molecule has 2 rings (SSSR count). The number of piperazine rings is 1. The summed E-state index contributed by atoms with van der Waals surface area (Å²) in [5.41, 5.74) is 0. The molecule has 15 heavy (non-hydrogen) atoms. The lowest BCUT2D eigenvalue weighted by molar-refractivity contribution is -0.00897. The highest BCUT2D eigenvalue weighted by Gasteiger charge is 2.29. The third-order valence-corrected chi connectivity index (χ3v) is 3.73. The lowest BCUT2D eigenvalue weighted by Crippen LogP contribution is -2.56. The molecular formula is C11H22N2O2. The van der Waals surface area contributed by atoms with Gasteiger partial charge in [-0.05, 0) is 19.9 Å². The van der Waals surface area contributed by atoms with Crippen molar-refractivity contribution in [3.05, 3.63) is 0 Å². The molecule has 4 nitrogen and oxygen atoms in total. The zero-order valence-electron chi connectivity index (χ0n) is 9.56. The van der Waals surface area contributed by atoms with Gasteiger partial charge in [0.25, 0.3) is 0 Å². The lowest BCUT2D eigenvalue weighted by atomic mass is 10.0. The number of aliphatic hydroxyl groups is 1. The lowest BCUT2D eigenvalue weighted by Gasteiger charge is -2.43. The molecule has 0 radical (unpaired) electrons. The van der Waals surface area contributed by atoms with E-state index < -0.39 is 0 Å². The largest absolute Gasteiger partial charge is 0.395 e. The molecule has 0 aromatic carbocycles. The predicted octanol–water partition coefficient (Wildman–Crippen LogP) is -0.226. The van der Waals surface area contributed by atoms with E-state index in [1.807, 2.05) is 0 Å². The highest BCUT2D eigenvalue weighted by Crippen LogP contribution is 2.18. The Morgan fingerprint density at radius 3 is 2.67 bits per heavy atom. The number of likely N-dealkylation sites (N-methyl/N-ethyl adjacent to an activating group) is 1. The molecule has 2 saturated heterocycles. The van der Waals surface area contributed by atoms with Gasteiger partial charge in [0.2, 0.25) is 0 Å². The van der Waals surface area contributed by atoms with Crippen LogP contribution in [0.15, 0.2) is 0 Å². The third-order valence-electron chi connectivity index (χ3n) is 3.73. The maximum atomic E-state index is 9.28. The van der Waals surface area contributed by atoms with E-state index in [9.17, 15) is 5.11 Å². The summed E-state index contributed by atoms with van der Waals surface area (Å²) in [6, 6.07) is 1.00. The highest BCUT2D eigenvalue weighted by atomic mass is 16.5. The van der Waals surface area contributed by atoms with Crippen LogP contribution in [0.3, 0.4) is 0 Å². The smallest absolute Gasteiger partial charge is 0.0599 e. The standard InChI is InChI=1S/C11H22N2O2/c1-12-4-5-13(8-11(12)9-14)10-2-6-15-7-3-10/h10-11,14H,2-9H2,1H3. The molecule has 0 bridgehead atoms. The summed E-state index contributed by atoms with van der Waals surface area (Å²) in [7, 11) is 2.10. The van der Waals surface area contributed by atoms with Crippen molar-refractivity contribution in [1.82, 2.24) is 9.80 Å². The van der Waals surface area contributed by atoms with E-state index in [1.54, 1.807) is 0 Å². The van der Waals surface area contributed by atoms with Gasteiger partial charge in [-0.3, -0.25) is 9.80 Å². The van der Waals surface area contributed by atoms with E-state index in [0.29, 0.717) is 12.1 Å². The molecule has 2 heterocycles. The van der Waals surface area contributed by atoms with Gasteiger partial charge in [-0.25, -0.2) is 0 Å². The van der Waals surface area contributed by atoms with Gasteiger partial charge in [0.1, 0.15) is 0 Å². The van der Waals surface area contributed by atoms with Crippen LogP contribution in [0.2, 0.25) is 0 Å². The molecule has 0 spiro atoms. The maximum absolute atomic E-state index is 9.28. The monoisotopic (exact) mass is 214 g/mol. The van der Waals surface area contributed by atoms with E-state index in [0.717, 1.165) is 45.7 Å². The molecule has 0 saturated carbocycles. The Kier molecular flexibility index (Phi) is 3.97. The van der Waals surface area contributed by atoms with Gasteiger partial charge in [-0.1, -0.05) is 0 Å². The fraction of sp³-hybridized carbons (Fsp3) is 1.00. The fourth-order valence-electron chi connectivity index (χ4n) is 2.55. The third kappa shape index (κ3) is 2.69. The van der Waals surface area contributed by atoms with Crippen LogP contribution in [-0.4, -0.2) is 73.5 Å². The van der Waals surface area contributed by atoms with Crippen LogP contribution in [0.1, 0.15) is 12.8 Å². The van der Waals surface area contributed by atoms with Crippen LogP contribution >= 0.6 is 0 Å². The Morgan fingerprint density at radius 2 is 2.00 bits per heavy atom. The molecular weight excluding hydrogens is 192 g/mol. The average Bonchev–Trinajstić information content (AvgIpc) is 2.31. The second kappa shape index (κ2) is 5.25. The molecule has 1 atom stereocenters. The second-order valence-electron chi connectivity index (χ2n) is 4.66. The molecule has 0 aromatic rings. The van der Waals surface area contributed by atoms with Crippen LogP contribution in [0.5, 0.6) is 0 Å². The second-order valence-corrected chi connectivity index (χ2v) is 4.66. The van der Waals surface area contributed by atoms with Crippen LogP contribution in [0, 0.1) is 0 Å². The van der Waals surface area contributed by atoms with Gasteiger partial charge < -0.3 is 9.84 Å². The topological polar surface area (TPSA) is 35.9 Å². The minimum Gasteiger partial charge on any atom is -0.395 e. The summed E-state index contributed by atoms with van der Waals surface area (Å²) in [6.07, 6.45) is 2.31. The summed E-state index contributed by atoms with van der Waals surface area (Å²) in [5, 5.41) is 9.28. The van der Waals surface area contributed by atoms with Crippen molar-refractivity contribution in [3.8, 4) is 0 Å². The molecule has 4 heteroatoms. The number of rotatable bonds is 2. The Labute approximate surface area is 91.8 Å². The van der Waals surface area contributed by atoms with Gasteiger partial charge >= 0.3 is 0 Å². The first kappa shape index (κ1) is 11.3. The molecule has 0 aliphatic carbocycles. The average molecular weight is 214 g/mol. The van der Waals surface area contributed by atoms with Gasteiger partial charge in [0.15, 0.2) is 0 Å². The normalized spacial score (nSPS) is 32.0. The molecule has 88 valence electrons. The van der Waals surface area contributed by atoms with Crippen LogP contribution in [0.4, 0.5) is 0 Å². The maximum Gasteiger partial charge on any atom is 0.0599 e. The predicted molar refractivity (Wildman–Crippen MR) is 58.9 cm³/mol. The number of hydrogen-bond donors (Lipinski definition) is 1. The molecule has 2 fully saturated rings.